The van der Waals surface area contributed by atoms with Gasteiger partial charge in [-0.05, 0) is 45.0 Å². The van der Waals surface area contributed by atoms with Crippen LogP contribution in [-0.2, 0) is 0 Å². The minimum absolute atomic E-state index is 0.268. The number of ether oxygens (including phenoxy) is 1. The first kappa shape index (κ1) is 23.0. The molecule has 0 aromatic carbocycles. The van der Waals surface area contributed by atoms with E-state index < -0.39 is 0 Å². The zero-order chi connectivity index (χ0) is 24.4. The number of hydrogen-bond acceptors (Lipinski definition) is 8. The van der Waals surface area contributed by atoms with Crippen molar-refractivity contribution in [3.63, 3.8) is 0 Å². The number of aromatic nitrogens is 3. The second-order valence-electron chi connectivity index (χ2n) is 9.12. The summed E-state index contributed by atoms with van der Waals surface area (Å²) in [4.78, 5) is 11.9. The number of nitrogens with one attached hydrogen (secondary N) is 1. The molecule has 5 heterocycles. The molecule has 35 heavy (non-hydrogen) atoms. The fraction of sp³-hybridized carbons (Fsp3) is 0.385. The summed E-state index contributed by atoms with van der Waals surface area (Å²) in [7, 11) is 0. The van der Waals surface area contributed by atoms with Crippen molar-refractivity contribution >= 4 is 16.8 Å². The number of nitrogens with two attached hydrogens (primary N) is 1. The Balaban J connectivity index is 1.42. The Labute approximate surface area is 204 Å². The van der Waals surface area contributed by atoms with E-state index >= 15 is 0 Å². The summed E-state index contributed by atoms with van der Waals surface area (Å²) in [6.45, 7) is 8.03. The van der Waals surface area contributed by atoms with Gasteiger partial charge in [0.1, 0.15) is 29.0 Å². The highest BCUT2D eigenvalue weighted by Crippen LogP contribution is 2.32. The molecule has 0 aliphatic carbocycles. The van der Waals surface area contributed by atoms with Gasteiger partial charge in [-0.25, -0.2) is 4.52 Å². The Kier molecular flexibility index (Phi) is 6.49. The predicted molar refractivity (Wildman–Crippen MR) is 135 cm³/mol. The average Bonchev–Trinajstić information content (AvgIpc) is 3.52. The van der Waals surface area contributed by atoms with Gasteiger partial charge in [0.05, 0.1) is 17.9 Å². The quantitative estimate of drug-likeness (QED) is 0.510. The maximum Gasteiger partial charge on any atom is 0.148 e. The number of aliphatic imine (C=N–C) groups is 1. The Morgan fingerprint density at radius 3 is 2.94 bits per heavy atom. The van der Waals surface area contributed by atoms with Crippen LogP contribution in [-0.4, -0.2) is 63.5 Å². The number of allylic oxidation sites excluding steroid dienone is 1. The third kappa shape index (κ3) is 4.63. The monoisotopic (exact) mass is 470 g/mol. The molecule has 0 amide bonds. The molecule has 2 saturated heterocycles. The molecular formula is C26H30N8O. The normalized spacial score (nSPS) is 20.5. The topological polar surface area (TPSA) is 117 Å². The van der Waals surface area contributed by atoms with E-state index in [9.17, 15) is 5.26 Å². The molecule has 0 saturated carbocycles. The first-order chi connectivity index (χ1) is 17.1. The molecule has 5 rings (SSSR count). The van der Waals surface area contributed by atoms with E-state index in [4.69, 9.17) is 15.5 Å². The summed E-state index contributed by atoms with van der Waals surface area (Å²) < 4.78 is 7.99. The zero-order valence-corrected chi connectivity index (χ0v) is 20.1. The molecule has 9 nitrogen and oxygen atoms in total. The van der Waals surface area contributed by atoms with Crippen LogP contribution in [0.3, 0.4) is 0 Å². The van der Waals surface area contributed by atoms with E-state index in [-0.39, 0.29) is 12.1 Å². The Morgan fingerprint density at radius 1 is 1.40 bits per heavy atom. The largest absolute Gasteiger partial charge is 0.482 e. The number of fused-ring (bicyclic) bond motifs is 1. The smallest absolute Gasteiger partial charge is 0.148 e. The third-order valence-electron chi connectivity index (χ3n) is 6.79. The zero-order valence-electron chi connectivity index (χ0n) is 20.1. The van der Waals surface area contributed by atoms with Crippen LogP contribution in [0.25, 0.3) is 11.1 Å². The Hall–Kier alpha value is -3.74. The van der Waals surface area contributed by atoms with Crippen molar-refractivity contribution in [2.45, 2.75) is 38.5 Å². The first-order valence-corrected chi connectivity index (χ1v) is 12.0. The molecule has 180 valence electrons. The van der Waals surface area contributed by atoms with E-state index in [1.54, 1.807) is 23.1 Å². The first-order valence-electron chi connectivity index (χ1n) is 12.0. The van der Waals surface area contributed by atoms with E-state index in [1.807, 2.05) is 44.3 Å². The molecule has 3 aromatic rings. The highest BCUT2D eigenvalue weighted by molar-refractivity contribution is 6.22. The summed E-state index contributed by atoms with van der Waals surface area (Å²) >= 11 is 0. The lowest BCUT2D eigenvalue weighted by Crippen LogP contribution is -2.55. The van der Waals surface area contributed by atoms with Crippen LogP contribution in [0.15, 0.2) is 54.0 Å². The number of nitriles is 1. The summed E-state index contributed by atoms with van der Waals surface area (Å²) in [5, 5.41) is 17.4. The lowest BCUT2D eigenvalue weighted by molar-refractivity contribution is 0.105. The second-order valence-corrected chi connectivity index (χ2v) is 9.12. The Morgan fingerprint density at radius 2 is 2.26 bits per heavy atom. The van der Waals surface area contributed by atoms with E-state index in [0.29, 0.717) is 22.9 Å². The molecule has 2 fully saturated rings. The van der Waals surface area contributed by atoms with Crippen LogP contribution in [0.1, 0.15) is 43.2 Å². The van der Waals surface area contributed by atoms with Gasteiger partial charge in [0, 0.05) is 61.1 Å². The summed E-state index contributed by atoms with van der Waals surface area (Å²) in [5.41, 5.74) is 10.5. The molecule has 0 bridgehead atoms. The Bertz CT molecular complexity index is 1290. The van der Waals surface area contributed by atoms with Crippen LogP contribution < -0.4 is 15.8 Å². The van der Waals surface area contributed by atoms with Gasteiger partial charge >= 0.3 is 0 Å². The van der Waals surface area contributed by atoms with Crippen LogP contribution in [0.4, 0.5) is 0 Å². The molecule has 2 aliphatic rings. The van der Waals surface area contributed by atoms with Gasteiger partial charge in [-0.3, -0.25) is 14.9 Å². The third-order valence-corrected chi connectivity index (χ3v) is 6.79. The molecule has 2 aliphatic heterocycles. The summed E-state index contributed by atoms with van der Waals surface area (Å²) in [5.74, 6) is 0.547. The molecule has 2 atom stereocenters. The van der Waals surface area contributed by atoms with Gasteiger partial charge in [0.15, 0.2) is 0 Å². The predicted octanol–water partition coefficient (Wildman–Crippen LogP) is 2.55. The van der Waals surface area contributed by atoms with Crippen molar-refractivity contribution in [3.8, 4) is 11.8 Å². The highest BCUT2D eigenvalue weighted by Gasteiger charge is 2.33. The lowest BCUT2D eigenvalue weighted by Gasteiger charge is -2.41. The van der Waals surface area contributed by atoms with Crippen molar-refractivity contribution in [1.29, 1.82) is 5.26 Å². The number of hydrogen-bond donors (Lipinski definition) is 2. The fourth-order valence-corrected chi connectivity index (χ4v) is 4.86. The van der Waals surface area contributed by atoms with Crippen molar-refractivity contribution in [2.24, 2.45) is 10.7 Å². The standard InChI is InChI=1S/C26H30N8O/c1-17(32-21-15-33(16-21)22-6-8-29-13-22)23(11-28)19-9-25(26-20(10-27)12-31-34(26)14-19)35-18(2)24-5-3-4-7-30-24/h3-5,7,9,11-12,14,18,21-22,29H,6,8,13,15-16,28H2,1-2H3/b23-11+,32-17?. The maximum absolute atomic E-state index is 9.62. The van der Waals surface area contributed by atoms with Crippen LogP contribution in [0.2, 0.25) is 0 Å². The molecule has 0 spiro atoms. The minimum Gasteiger partial charge on any atom is -0.482 e. The number of nitrogens with zero attached hydrogens (tertiary/aromatic N) is 6. The van der Waals surface area contributed by atoms with Gasteiger partial charge in [-0.15, -0.1) is 0 Å². The van der Waals surface area contributed by atoms with Crippen molar-refractivity contribution < 1.29 is 4.74 Å². The minimum atomic E-state index is -0.317. The average molecular weight is 471 g/mol. The van der Waals surface area contributed by atoms with E-state index in [0.717, 1.165) is 48.7 Å². The van der Waals surface area contributed by atoms with Gasteiger partial charge < -0.3 is 15.8 Å². The van der Waals surface area contributed by atoms with Crippen LogP contribution in [0.5, 0.6) is 5.75 Å². The van der Waals surface area contributed by atoms with E-state index in [1.165, 1.54) is 6.42 Å². The number of pyridine rings is 2. The maximum atomic E-state index is 9.62. The second kappa shape index (κ2) is 9.86. The summed E-state index contributed by atoms with van der Waals surface area (Å²) in [6.07, 6.45) is 7.62. The van der Waals surface area contributed by atoms with Gasteiger partial charge in [0.2, 0.25) is 0 Å². The van der Waals surface area contributed by atoms with Crippen molar-refractivity contribution in [2.75, 3.05) is 26.2 Å². The molecular weight excluding hydrogens is 440 g/mol. The van der Waals surface area contributed by atoms with Gasteiger partial charge in [0.25, 0.3) is 0 Å². The van der Waals surface area contributed by atoms with E-state index in [2.05, 4.69) is 26.4 Å². The fourth-order valence-electron chi connectivity index (χ4n) is 4.86. The lowest BCUT2D eigenvalue weighted by atomic mass is 10.0. The molecule has 2 unspecified atom stereocenters. The van der Waals surface area contributed by atoms with Gasteiger partial charge in [-0.1, -0.05) is 6.07 Å². The SMILES string of the molecule is CC(=NC1CN(C2CCNC2)C1)/C(=C\N)c1cc(OC(C)c2ccccn2)c2c(C#N)cnn2c1. The van der Waals surface area contributed by atoms with Gasteiger partial charge in [-0.2, -0.15) is 10.4 Å². The van der Waals surface area contributed by atoms with Crippen LogP contribution >= 0.6 is 0 Å². The summed E-state index contributed by atoms with van der Waals surface area (Å²) in [6, 6.07) is 10.7. The van der Waals surface area contributed by atoms with Crippen molar-refractivity contribution in [3.05, 3.63) is 65.9 Å². The molecule has 3 N–H and O–H groups in total. The number of likely N-dealkylation sites (tertiary alicyclic amines) is 1. The van der Waals surface area contributed by atoms with Crippen LogP contribution in [0, 0.1) is 11.3 Å². The molecule has 0 radical (unpaired) electrons. The molecule has 3 aromatic heterocycles. The van der Waals surface area contributed by atoms with Crippen molar-refractivity contribution in [1.82, 2.24) is 24.8 Å². The number of rotatable bonds is 7. The highest BCUT2D eigenvalue weighted by atomic mass is 16.5. The molecule has 9 heteroatoms.